The third-order valence-corrected chi connectivity index (χ3v) is 4.20. The summed E-state index contributed by atoms with van der Waals surface area (Å²) in [6.07, 6.45) is 2.13. The third kappa shape index (κ3) is 2.81. The number of rotatable bonds is 2. The van der Waals surface area contributed by atoms with Crippen LogP contribution in [0.25, 0.3) is 0 Å². The third-order valence-electron chi connectivity index (χ3n) is 4.20. The summed E-state index contributed by atoms with van der Waals surface area (Å²) in [5.41, 5.74) is 3.79. The first-order valence-corrected chi connectivity index (χ1v) is 7.53. The quantitative estimate of drug-likeness (QED) is 0.920. The van der Waals surface area contributed by atoms with Gasteiger partial charge < -0.3 is 10.2 Å². The average Bonchev–Trinajstić information content (AvgIpc) is 2.77. The van der Waals surface area contributed by atoms with Crippen molar-refractivity contribution >= 4 is 5.69 Å². The molecule has 0 spiro atoms. The Morgan fingerprint density at radius 1 is 1.24 bits per heavy atom. The second-order valence-corrected chi connectivity index (χ2v) is 6.59. The fraction of sp³-hybridized carbons (Fsp3) is 0.471. The molecule has 4 heteroatoms. The monoisotopic (exact) mass is 284 g/mol. The van der Waals surface area contributed by atoms with E-state index < -0.39 is 0 Å². The first kappa shape index (κ1) is 14.1. The zero-order chi connectivity index (χ0) is 15.0. The Morgan fingerprint density at radius 3 is 2.57 bits per heavy atom. The second-order valence-electron chi connectivity index (χ2n) is 6.59. The van der Waals surface area contributed by atoms with Crippen molar-refractivity contribution in [1.82, 2.24) is 15.1 Å². The predicted octanol–water partition coefficient (Wildman–Crippen LogP) is 2.66. The summed E-state index contributed by atoms with van der Waals surface area (Å²) in [4.78, 5) is 2.49. The topological polar surface area (TPSA) is 33.1 Å². The molecule has 1 atom stereocenters. The highest BCUT2D eigenvalue weighted by Gasteiger charge is 2.34. The molecule has 2 heterocycles. The van der Waals surface area contributed by atoms with E-state index in [0.29, 0.717) is 6.04 Å². The van der Waals surface area contributed by atoms with Crippen LogP contribution in [0.3, 0.4) is 0 Å². The van der Waals surface area contributed by atoms with Crippen LogP contribution in [0.4, 0.5) is 5.69 Å². The number of hydrogen-bond donors (Lipinski definition) is 1. The molecule has 1 fully saturated rings. The molecule has 1 saturated heterocycles. The fourth-order valence-corrected chi connectivity index (χ4v) is 3.17. The molecular weight excluding hydrogens is 260 g/mol. The molecule has 1 aromatic heterocycles. The maximum Gasteiger partial charge on any atom is 0.0827 e. The van der Waals surface area contributed by atoms with Gasteiger partial charge in [-0.15, -0.1) is 0 Å². The first-order valence-electron chi connectivity index (χ1n) is 7.53. The maximum absolute atomic E-state index is 4.52. The van der Waals surface area contributed by atoms with Gasteiger partial charge in [0, 0.05) is 31.9 Å². The van der Waals surface area contributed by atoms with Crippen LogP contribution < -0.4 is 10.2 Å². The van der Waals surface area contributed by atoms with Crippen LogP contribution in [0, 0.1) is 6.92 Å². The number of piperazine rings is 1. The predicted molar refractivity (Wildman–Crippen MR) is 86.6 cm³/mol. The van der Waals surface area contributed by atoms with E-state index in [2.05, 4.69) is 72.6 Å². The Hall–Kier alpha value is -1.81. The number of nitrogens with zero attached hydrogens (tertiary/aromatic N) is 3. The summed E-state index contributed by atoms with van der Waals surface area (Å²) in [6, 6.07) is 11.1. The zero-order valence-corrected chi connectivity index (χ0v) is 13.3. The number of aromatic nitrogens is 2. The number of aryl methyl sites for hydroxylation is 2. The van der Waals surface area contributed by atoms with Crippen molar-refractivity contribution in [2.24, 2.45) is 7.05 Å². The molecule has 1 unspecified atom stereocenters. The number of anilines is 1. The van der Waals surface area contributed by atoms with E-state index >= 15 is 0 Å². The van der Waals surface area contributed by atoms with Crippen molar-refractivity contribution in [2.45, 2.75) is 32.4 Å². The van der Waals surface area contributed by atoms with Crippen LogP contribution in [0.5, 0.6) is 0 Å². The molecule has 1 aliphatic rings. The van der Waals surface area contributed by atoms with E-state index in [1.807, 2.05) is 11.7 Å². The molecule has 0 saturated carbocycles. The number of nitrogens with one attached hydrogen (secondary N) is 1. The largest absolute Gasteiger partial charge is 0.359 e. The Morgan fingerprint density at radius 2 is 1.95 bits per heavy atom. The molecule has 0 aliphatic carbocycles. The van der Waals surface area contributed by atoms with E-state index in [0.717, 1.165) is 18.8 Å². The van der Waals surface area contributed by atoms with Crippen molar-refractivity contribution in [3.8, 4) is 0 Å². The van der Waals surface area contributed by atoms with Crippen LogP contribution in [0.2, 0.25) is 0 Å². The van der Waals surface area contributed by atoms with Crippen LogP contribution >= 0.6 is 0 Å². The van der Waals surface area contributed by atoms with Crippen LogP contribution in [-0.2, 0) is 7.05 Å². The summed E-state index contributed by atoms with van der Waals surface area (Å²) >= 11 is 0. The first-order chi connectivity index (χ1) is 9.96. The zero-order valence-electron chi connectivity index (χ0n) is 13.3. The van der Waals surface area contributed by atoms with Gasteiger partial charge in [0.2, 0.25) is 0 Å². The van der Waals surface area contributed by atoms with Gasteiger partial charge >= 0.3 is 0 Å². The van der Waals surface area contributed by atoms with Crippen molar-refractivity contribution in [2.75, 3.05) is 18.0 Å². The average molecular weight is 284 g/mol. The van der Waals surface area contributed by atoms with Crippen LogP contribution in [0.15, 0.2) is 36.5 Å². The van der Waals surface area contributed by atoms with Gasteiger partial charge in [-0.25, -0.2) is 0 Å². The normalized spacial score (nSPS) is 21.5. The Kier molecular flexibility index (Phi) is 3.49. The van der Waals surface area contributed by atoms with E-state index in [9.17, 15) is 0 Å². The number of hydrogen-bond acceptors (Lipinski definition) is 3. The van der Waals surface area contributed by atoms with Gasteiger partial charge in [0.05, 0.1) is 17.4 Å². The molecule has 2 aromatic rings. The minimum absolute atomic E-state index is 0.105. The summed E-state index contributed by atoms with van der Waals surface area (Å²) < 4.78 is 1.90. The fourth-order valence-electron chi connectivity index (χ4n) is 3.17. The summed E-state index contributed by atoms with van der Waals surface area (Å²) in [5.74, 6) is 0. The van der Waals surface area contributed by atoms with Crippen LogP contribution in [-0.4, -0.2) is 28.4 Å². The molecule has 3 rings (SSSR count). The Labute approximate surface area is 126 Å². The molecule has 112 valence electrons. The highest BCUT2D eigenvalue weighted by molar-refractivity contribution is 5.52. The molecule has 0 amide bonds. The van der Waals surface area contributed by atoms with Gasteiger partial charge in [0.25, 0.3) is 0 Å². The minimum atomic E-state index is 0.105. The SMILES string of the molecule is Cc1nn(C)cc1N1CC(C)(C)NCC1c1ccccc1. The standard InChI is InChI=1S/C17H24N4/c1-13-16(11-20(4)19-13)21-12-17(2,3)18-10-15(21)14-8-6-5-7-9-14/h5-9,11,15,18H,10,12H2,1-4H3. The summed E-state index contributed by atoms with van der Waals surface area (Å²) in [7, 11) is 1.99. The lowest BCUT2D eigenvalue weighted by Crippen LogP contribution is -2.58. The van der Waals surface area contributed by atoms with E-state index in [4.69, 9.17) is 0 Å². The lowest BCUT2D eigenvalue weighted by Gasteiger charge is -2.45. The van der Waals surface area contributed by atoms with Gasteiger partial charge in [-0.2, -0.15) is 5.10 Å². The van der Waals surface area contributed by atoms with Gasteiger partial charge in [-0.1, -0.05) is 30.3 Å². The van der Waals surface area contributed by atoms with E-state index in [-0.39, 0.29) is 5.54 Å². The lowest BCUT2D eigenvalue weighted by atomic mass is 9.94. The molecular formula is C17H24N4. The smallest absolute Gasteiger partial charge is 0.0827 e. The molecule has 1 N–H and O–H groups in total. The van der Waals surface area contributed by atoms with Gasteiger partial charge in [0.15, 0.2) is 0 Å². The molecule has 21 heavy (non-hydrogen) atoms. The van der Waals surface area contributed by atoms with Gasteiger partial charge in [-0.3, -0.25) is 4.68 Å². The highest BCUT2D eigenvalue weighted by Crippen LogP contribution is 2.33. The Balaban J connectivity index is 2.00. The van der Waals surface area contributed by atoms with Crippen LogP contribution in [0.1, 0.15) is 31.1 Å². The highest BCUT2D eigenvalue weighted by atomic mass is 15.3. The van der Waals surface area contributed by atoms with E-state index in [1.165, 1.54) is 11.3 Å². The van der Waals surface area contributed by atoms with Crippen molar-refractivity contribution in [1.29, 1.82) is 0 Å². The van der Waals surface area contributed by atoms with Crippen molar-refractivity contribution < 1.29 is 0 Å². The molecule has 1 aromatic carbocycles. The second kappa shape index (κ2) is 5.19. The van der Waals surface area contributed by atoms with Crippen molar-refractivity contribution in [3.63, 3.8) is 0 Å². The van der Waals surface area contributed by atoms with Gasteiger partial charge in [0.1, 0.15) is 0 Å². The maximum atomic E-state index is 4.52. The summed E-state index contributed by atoms with van der Waals surface area (Å²) in [6.45, 7) is 8.52. The van der Waals surface area contributed by atoms with Crippen molar-refractivity contribution in [3.05, 3.63) is 47.8 Å². The minimum Gasteiger partial charge on any atom is -0.359 e. The Bertz CT molecular complexity index is 615. The number of benzene rings is 1. The lowest BCUT2D eigenvalue weighted by molar-refractivity contribution is 0.312. The molecule has 1 aliphatic heterocycles. The molecule has 0 radical (unpaired) electrons. The van der Waals surface area contributed by atoms with Gasteiger partial charge in [-0.05, 0) is 26.3 Å². The van der Waals surface area contributed by atoms with E-state index in [1.54, 1.807) is 0 Å². The summed E-state index contributed by atoms with van der Waals surface area (Å²) in [5, 5.41) is 8.18. The molecule has 0 bridgehead atoms. The molecule has 4 nitrogen and oxygen atoms in total.